The second-order valence-electron chi connectivity index (χ2n) is 3.74. The molecule has 0 bridgehead atoms. The number of ether oxygens (including phenoxy) is 1. The van der Waals surface area contributed by atoms with Gasteiger partial charge in [-0.3, -0.25) is 0 Å². The molecular formula is C13H16N2OS. The molecule has 1 atom stereocenters. The van der Waals surface area contributed by atoms with Crippen molar-refractivity contribution in [3.63, 3.8) is 0 Å². The van der Waals surface area contributed by atoms with Crippen LogP contribution in [0.15, 0.2) is 18.2 Å². The SMILES string of the molecule is CCC(C)Oc1ccc(C(=S)NC)cc1C#N. The predicted octanol–water partition coefficient (Wildman–Crippen LogP) is 2.63. The van der Waals surface area contributed by atoms with Crippen LogP contribution in [0.4, 0.5) is 0 Å². The van der Waals surface area contributed by atoms with Crippen LogP contribution in [0.1, 0.15) is 31.4 Å². The van der Waals surface area contributed by atoms with Gasteiger partial charge >= 0.3 is 0 Å². The Morgan fingerprint density at radius 3 is 2.82 bits per heavy atom. The van der Waals surface area contributed by atoms with Crippen molar-refractivity contribution >= 4 is 17.2 Å². The third-order valence-corrected chi connectivity index (χ3v) is 2.93. The molecule has 4 heteroatoms. The smallest absolute Gasteiger partial charge is 0.137 e. The van der Waals surface area contributed by atoms with E-state index in [2.05, 4.69) is 11.4 Å². The molecule has 17 heavy (non-hydrogen) atoms. The first kappa shape index (κ1) is 13.5. The van der Waals surface area contributed by atoms with E-state index in [4.69, 9.17) is 22.2 Å². The molecule has 1 N–H and O–H groups in total. The van der Waals surface area contributed by atoms with Gasteiger partial charge in [-0.05, 0) is 31.5 Å². The lowest BCUT2D eigenvalue weighted by atomic mass is 10.1. The lowest BCUT2D eigenvalue weighted by Gasteiger charge is -2.14. The van der Waals surface area contributed by atoms with E-state index in [0.29, 0.717) is 16.3 Å². The molecule has 0 spiro atoms. The maximum atomic E-state index is 9.09. The molecule has 0 aromatic heterocycles. The summed E-state index contributed by atoms with van der Waals surface area (Å²) in [7, 11) is 1.76. The molecule has 0 amide bonds. The molecule has 1 rings (SSSR count). The van der Waals surface area contributed by atoms with Gasteiger partial charge < -0.3 is 10.1 Å². The zero-order valence-corrected chi connectivity index (χ0v) is 11.1. The van der Waals surface area contributed by atoms with Crippen molar-refractivity contribution in [3.05, 3.63) is 29.3 Å². The van der Waals surface area contributed by atoms with Crippen molar-refractivity contribution in [2.24, 2.45) is 0 Å². The van der Waals surface area contributed by atoms with E-state index in [9.17, 15) is 0 Å². The summed E-state index contributed by atoms with van der Waals surface area (Å²) in [5, 5.41) is 12.0. The lowest BCUT2D eigenvalue weighted by Crippen LogP contribution is -2.17. The van der Waals surface area contributed by atoms with Gasteiger partial charge in [0.25, 0.3) is 0 Å². The average Bonchev–Trinajstić information content (AvgIpc) is 2.37. The molecule has 0 saturated heterocycles. The highest BCUT2D eigenvalue weighted by atomic mass is 32.1. The van der Waals surface area contributed by atoms with Gasteiger partial charge in [-0.2, -0.15) is 5.26 Å². The van der Waals surface area contributed by atoms with Gasteiger partial charge in [0.05, 0.1) is 11.7 Å². The first-order chi connectivity index (χ1) is 8.12. The molecule has 0 aliphatic rings. The largest absolute Gasteiger partial charge is 0.489 e. The fraction of sp³-hybridized carbons (Fsp3) is 0.385. The second kappa shape index (κ2) is 6.21. The quantitative estimate of drug-likeness (QED) is 0.832. The minimum absolute atomic E-state index is 0.101. The summed E-state index contributed by atoms with van der Waals surface area (Å²) in [5.41, 5.74) is 1.34. The molecule has 0 fully saturated rings. The normalized spacial score (nSPS) is 11.4. The van der Waals surface area contributed by atoms with Gasteiger partial charge in [0.15, 0.2) is 0 Å². The maximum absolute atomic E-state index is 9.09. The number of nitriles is 1. The summed E-state index contributed by atoms with van der Waals surface area (Å²) in [6.45, 7) is 4.02. The Morgan fingerprint density at radius 1 is 1.59 bits per heavy atom. The van der Waals surface area contributed by atoms with Crippen molar-refractivity contribution in [3.8, 4) is 11.8 Å². The Labute approximate surface area is 107 Å². The van der Waals surface area contributed by atoms with Crippen LogP contribution in [-0.4, -0.2) is 18.1 Å². The highest BCUT2D eigenvalue weighted by molar-refractivity contribution is 7.80. The van der Waals surface area contributed by atoms with Crippen LogP contribution >= 0.6 is 12.2 Å². The summed E-state index contributed by atoms with van der Waals surface area (Å²) in [4.78, 5) is 0.622. The van der Waals surface area contributed by atoms with Crippen molar-refractivity contribution < 1.29 is 4.74 Å². The number of hydrogen-bond acceptors (Lipinski definition) is 3. The lowest BCUT2D eigenvalue weighted by molar-refractivity contribution is 0.217. The standard InChI is InChI=1S/C13H16N2OS/c1-4-9(2)16-12-6-5-10(13(17)15-3)7-11(12)8-14/h5-7,9H,4H2,1-3H3,(H,15,17). The molecule has 0 saturated carbocycles. The van der Waals surface area contributed by atoms with Crippen molar-refractivity contribution in [1.29, 1.82) is 5.26 Å². The molecule has 0 heterocycles. The second-order valence-corrected chi connectivity index (χ2v) is 4.15. The predicted molar refractivity (Wildman–Crippen MR) is 72.3 cm³/mol. The first-order valence-electron chi connectivity index (χ1n) is 5.55. The Morgan fingerprint density at radius 2 is 2.29 bits per heavy atom. The third-order valence-electron chi connectivity index (χ3n) is 2.49. The van der Waals surface area contributed by atoms with Gasteiger partial charge in [0, 0.05) is 12.6 Å². The Kier molecular flexibility index (Phi) is 4.92. The number of rotatable bonds is 4. The molecule has 0 radical (unpaired) electrons. The van der Waals surface area contributed by atoms with Crippen molar-refractivity contribution in [2.75, 3.05) is 7.05 Å². The summed E-state index contributed by atoms with van der Waals surface area (Å²) in [5.74, 6) is 0.615. The molecule has 0 aliphatic carbocycles. The minimum atomic E-state index is 0.101. The monoisotopic (exact) mass is 248 g/mol. The zero-order chi connectivity index (χ0) is 12.8. The van der Waals surface area contributed by atoms with Crippen LogP contribution in [0.2, 0.25) is 0 Å². The number of hydrogen-bond donors (Lipinski definition) is 1. The van der Waals surface area contributed by atoms with E-state index in [1.807, 2.05) is 19.9 Å². The molecular weight excluding hydrogens is 232 g/mol. The van der Waals surface area contributed by atoms with E-state index in [1.165, 1.54) is 0 Å². The van der Waals surface area contributed by atoms with Crippen LogP contribution in [0, 0.1) is 11.3 Å². The van der Waals surface area contributed by atoms with E-state index >= 15 is 0 Å². The third kappa shape index (κ3) is 3.43. The summed E-state index contributed by atoms with van der Waals surface area (Å²) in [6, 6.07) is 7.53. The van der Waals surface area contributed by atoms with Crippen LogP contribution in [0.3, 0.4) is 0 Å². The number of nitrogens with zero attached hydrogens (tertiary/aromatic N) is 1. The van der Waals surface area contributed by atoms with Crippen molar-refractivity contribution in [2.45, 2.75) is 26.4 Å². The Hall–Kier alpha value is -1.60. The number of thiocarbonyl (C=S) groups is 1. The highest BCUT2D eigenvalue weighted by Crippen LogP contribution is 2.21. The summed E-state index contributed by atoms with van der Waals surface area (Å²) < 4.78 is 5.67. The molecule has 1 aromatic rings. The van der Waals surface area contributed by atoms with Crippen LogP contribution in [-0.2, 0) is 0 Å². The van der Waals surface area contributed by atoms with E-state index in [0.717, 1.165) is 12.0 Å². The van der Waals surface area contributed by atoms with Gasteiger partial charge in [0.2, 0.25) is 0 Å². The maximum Gasteiger partial charge on any atom is 0.137 e. The van der Waals surface area contributed by atoms with Crippen molar-refractivity contribution in [1.82, 2.24) is 5.32 Å². The molecule has 90 valence electrons. The van der Waals surface area contributed by atoms with Gasteiger partial charge in [-0.15, -0.1) is 0 Å². The topological polar surface area (TPSA) is 45.0 Å². The van der Waals surface area contributed by atoms with Gasteiger partial charge in [-0.25, -0.2) is 0 Å². The number of nitrogens with one attached hydrogen (secondary N) is 1. The molecule has 1 aromatic carbocycles. The summed E-state index contributed by atoms with van der Waals surface area (Å²) in [6.07, 6.45) is 1.01. The fourth-order valence-corrected chi connectivity index (χ4v) is 1.43. The highest BCUT2D eigenvalue weighted by Gasteiger charge is 2.09. The van der Waals surface area contributed by atoms with Gasteiger partial charge in [0.1, 0.15) is 16.8 Å². The van der Waals surface area contributed by atoms with Gasteiger partial charge in [-0.1, -0.05) is 19.1 Å². The van der Waals surface area contributed by atoms with E-state index in [1.54, 1.807) is 19.2 Å². The first-order valence-corrected chi connectivity index (χ1v) is 5.96. The minimum Gasteiger partial charge on any atom is -0.489 e. The van der Waals surface area contributed by atoms with E-state index < -0.39 is 0 Å². The van der Waals surface area contributed by atoms with Crippen LogP contribution in [0.25, 0.3) is 0 Å². The molecule has 1 unspecified atom stereocenters. The van der Waals surface area contributed by atoms with Crippen LogP contribution < -0.4 is 10.1 Å². The zero-order valence-electron chi connectivity index (χ0n) is 10.3. The Bertz CT molecular complexity index is 451. The van der Waals surface area contributed by atoms with E-state index in [-0.39, 0.29) is 6.10 Å². The molecule has 0 aliphatic heterocycles. The summed E-state index contributed by atoms with van der Waals surface area (Å²) >= 11 is 5.12. The van der Waals surface area contributed by atoms with Crippen LogP contribution in [0.5, 0.6) is 5.75 Å². The number of benzene rings is 1. The molecule has 3 nitrogen and oxygen atoms in total. The average molecular weight is 248 g/mol. The Balaban J connectivity index is 3.02. The fourth-order valence-electron chi connectivity index (χ4n) is 1.31.